The minimum atomic E-state index is -0.340. The van der Waals surface area contributed by atoms with E-state index in [1.165, 1.54) is 7.11 Å². The second-order valence-corrected chi connectivity index (χ2v) is 7.44. The summed E-state index contributed by atoms with van der Waals surface area (Å²) >= 11 is 3.45. The predicted molar refractivity (Wildman–Crippen MR) is 111 cm³/mol. The van der Waals surface area contributed by atoms with Gasteiger partial charge in [-0.1, -0.05) is 19.1 Å². The molecule has 0 aromatic heterocycles. The molecule has 0 aliphatic heterocycles. The lowest BCUT2D eigenvalue weighted by molar-refractivity contribution is 0.0952. The number of benzene rings is 2. The summed E-state index contributed by atoms with van der Waals surface area (Å²) in [5.74, 6) is 0.506. The van der Waals surface area contributed by atoms with Crippen LogP contribution in [0.15, 0.2) is 40.9 Å². The van der Waals surface area contributed by atoms with Gasteiger partial charge in [0.2, 0.25) is 0 Å². The van der Waals surface area contributed by atoms with Gasteiger partial charge in [0.15, 0.2) is 11.5 Å². The fraction of sp³-hybridized carbons (Fsp3) is 0.333. The fourth-order valence-corrected chi connectivity index (χ4v) is 3.23. The van der Waals surface area contributed by atoms with Crippen LogP contribution in [0.2, 0.25) is 0 Å². The van der Waals surface area contributed by atoms with E-state index in [4.69, 9.17) is 9.47 Å². The van der Waals surface area contributed by atoms with Crippen LogP contribution in [0, 0.1) is 0 Å². The van der Waals surface area contributed by atoms with Crippen LogP contribution in [0.4, 0.5) is 5.69 Å². The van der Waals surface area contributed by atoms with E-state index < -0.39 is 0 Å². The summed E-state index contributed by atoms with van der Waals surface area (Å²) in [5.41, 5.74) is 1.30. The van der Waals surface area contributed by atoms with Gasteiger partial charge in [0.25, 0.3) is 11.8 Å². The molecule has 0 saturated heterocycles. The highest BCUT2D eigenvalue weighted by molar-refractivity contribution is 9.10. The molecule has 1 fully saturated rings. The largest absolute Gasteiger partial charge is 0.493 e. The lowest BCUT2D eigenvalue weighted by atomic mass is 10.1. The molecular formula is C21H23BrN2O4. The van der Waals surface area contributed by atoms with Crippen molar-refractivity contribution >= 4 is 33.4 Å². The van der Waals surface area contributed by atoms with E-state index in [0.29, 0.717) is 39.4 Å². The molecule has 1 saturated carbocycles. The van der Waals surface area contributed by atoms with E-state index in [1.54, 1.807) is 36.4 Å². The molecule has 0 atom stereocenters. The quantitative estimate of drug-likeness (QED) is 0.630. The zero-order valence-electron chi connectivity index (χ0n) is 15.9. The Bertz CT molecular complexity index is 881. The Kier molecular flexibility index (Phi) is 6.57. The summed E-state index contributed by atoms with van der Waals surface area (Å²) in [6.45, 7) is 2.56. The molecule has 3 rings (SSSR count). The third-order valence-corrected chi connectivity index (χ3v) is 4.86. The van der Waals surface area contributed by atoms with Gasteiger partial charge in [-0.15, -0.1) is 0 Å². The highest BCUT2D eigenvalue weighted by atomic mass is 79.9. The Morgan fingerprint density at radius 2 is 1.93 bits per heavy atom. The Balaban J connectivity index is 1.81. The maximum absolute atomic E-state index is 12.8. The maximum Gasteiger partial charge on any atom is 0.255 e. The summed E-state index contributed by atoms with van der Waals surface area (Å²) in [6, 6.07) is 10.5. The van der Waals surface area contributed by atoms with E-state index in [0.717, 1.165) is 19.3 Å². The molecule has 0 bridgehead atoms. The highest BCUT2D eigenvalue weighted by Gasteiger charge is 2.25. The molecule has 2 N–H and O–H groups in total. The van der Waals surface area contributed by atoms with Crippen molar-refractivity contribution in [2.45, 2.75) is 32.2 Å². The Morgan fingerprint density at radius 3 is 2.61 bits per heavy atom. The van der Waals surface area contributed by atoms with Crippen molar-refractivity contribution < 1.29 is 19.1 Å². The van der Waals surface area contributed by atoms with Gasteiger partial charge < -0.3 is 20.1 Å². The predicted octanol–water partition coefficient (Wildman–Crippen LogP) is 4.39. The van der Waals surface area contributed by atoms with Gasteiger partial charge in [-0.3, -0.25) is 9.59 Å². The molecule has 28 heavy (non-hydrogen) atoms. The Hall–Kier alpha value is -2.54. The van der Waals surface area contributed by atoms with E-state index >= 15 is 0 Å². The van der Waals surface area contributed by atoms with Crippen molar-refractivity contribution in [3.8, 4) is 11.5 Å². The number of ether oxygens (including phenoxy) is 2. The molecule has 0 spiro atoms. The zero-order chi connectivity index (χ0) is 20.1. The number of hydrogen-bond donors (Lipinski definition) is 2. The molecule has 2 aromatic carbocycles. The number of rotatable bonds is 8. The third-order valence-electron chi connectivity index (χ3n) is 4.27. The van der Waals surface area contributed by atoms with Gasteiger partial charge in [-0.05, 0) is 59.5 Å². The van der Waals surface area contributed by atoms with Crippen molar-refractivity contribution in [1.29, 1.82) is 0 Å². The van der Waals surface area contributed by atoms with Crippen molar-refractivity contribution in [2.24, 2.45) is 0 Å². The summed E-state index contributed by atoms with van der Waals surface area (Å²) < 4.78 is 11.7. The van der Waals surface area contributed by atoms with Gasteiger partial charge >= 0.3 is 0 Å². The molecule has 2 amide bonds. The summed E-state index contributed by atoms with van der Waals surface area (Å²) in [7, 11) is 1.53. The molecule has 0 radical (unpaired) electrons. The van der Waals surface area contributed by atoms with Crippen LogP contribution in [0.3, 0.4) is 0 Å². The number of amides is 2. The number of para-hydroxylation sites is 1. The standard InChI is InChI=1S/C21H23BrN2O4/c1-3-10-28-19-16(22)11-13(12-18(19)27-2)20(25)24-17-7-5-4-6-15(17)21(26)23-14-8-9-14/h4-7,11-12,14H,3,8-10H2,1-2H3,(H,23,26)(H,24,25). The van der Waals surface area contributed by atoms with Crippen LogP contribution in [0.5, 0.6) is 11.5 Å². The number of nitrogens with one attached hydrogen (secondary N) is 2. The minimum absolute atomic E-state index is 0.180. The fourth-order valence-electron chi connectivity index (χ4n) is 2.67. The first-order chi connectivity index (χ1) is 13.5. The van der Waals surface area contributed by atoms with Crippen molar-refractivity contribution in [2.75, 3.05) is 19.0 Å². The molecule has 2 aromatic rings. The van der Waals surface area contributed by atoms with Crippen molar-refractivity contribution in [1.82, 2.24) is 5.32 Å². The van der Waals surface area contributed by atoms with E-state index in [-0.39, 0.29) is 17.9 Å². The molecule has 148 valence electrons. The van der Waals surface area contributed by atoms with Gasteiger partial charge in [0, 0.05) is 11.6 Å². The summed E-state index contributed by atoms with van der Waals surface area (Å²) in [6.07, 6.45) is 2.86. The first-order valence-electron chi connectivity index (χ1n) is 9.25. The van der Waals surface area contributed by atoms with Crippen LogP contribution in [0.25, 0.3) is 0 Å². The average molecular weight is 447 g/mol. The third kappa shape index (κ3) is 4.84. The summed E-state index contributed by atoms with van der Waals surface area (Å²) in [4.78, 5) is 25.2. The molecule has 7 heteroatoms. The normalized spacial score (nSPS) is 13.0. The Morgan fingerprint density at radius 1 is 1.18 bits per heavy atom. The van der Waals surface area contributed by atoms with Gasteiger partial charge in [0.05, 0.1) is 29.4 Å². The lowest BCUT2D eigenvalue weighted by Gasteiger charge is -2.15. The number of halogens is 1. The number of hydrogen-bond acceptors (Lipinski definition) is 4. The first kappa shape index (κ1) is 20.2. The lowest BCUT2D eigenvalue weighted by Crippen LogP contribution is -2.27. The second kappa shape index (κ2) is 9.10. The van der Waals surface area contributed by atoms with E-state index in [2.05, 4.69) is 26.6 Å². The zero-order valence-corrected chi connectivity index (χ0v) is 17.5. The second-order valence-electron chi connectivity index (χ2n) is 6.59. The SMILES string of the molecule is CCCOc1c(Br)cc(C(=O)Nc2ccccc2C(=O)NC2CC2)cc1OC. The van der Waals surface area contributed by atoms with Crippen LogP contribution >= 0.6 is 15.9 Å². The van der Waals surface area contributed by atoms with Crippen LogP contribution in [-0.4, -0.2) is 31.6 Å². The number of anilines is 1. The molecule has 6 nitrogen and oxygen atoms in total. The molecule has 0 unspecified atom stereocenters. The average Bonchev–Trinajstić information content (AvgIpc) is 3.50. The molecule has 0 heterocycles. The van der Waals surface area contributed by atoms with Crippen LogP contribution in [-0.2, 0) is 0 Å². The van der Waals surface area contributed by atoms with Crippen molar-refractivity contribution in [3.63, 3.8) is 0 Å². The van der Waals surface area contributed by atoms with Gasteiger partial charge in [-0.25, -0.2) is 0 Å². The maximum atomic E-state index is 12.8. The number of carbonyl (C=O) groups is 2. The highest BCUT2D eigenvalue weighted by Crippen LogP contribution is 2.37. The monoisotopic (exact) mass is 446 g/mol. The van der Waals surface area contributed by atoms with Crippen molar-refractivity contribution in [3.05, 3.63) is 52.0 Å². The molecule has 1 aliphatic rings. The van der Waals surface area contributed by atoms with Gasteiger partial charge in [-0.2, -0.15) is 0 Å². The smallest absolute Gasteiger partial charge is 0.255 e. The first-order valence-corrected chi connectivity index (χ1v) is 10.0. The van der Waals surface area contributed by atoms with Gasteiger partial charge in [0.1, 0.15) is 0 Å². The van der Waals surface area contributed by atoms with E-state index in [9.17, 15) is 9.59 Å². The van der Waals surface area contributed by atoms with Crippen LogP contribution < -0.4 is 20.1 Å². The molecule has 1 aliphatic carbocycles. The van der Waals surface area contributed by atoms with E-state index in [1.807, 2.05) is 6.92 Å². The molecular weight excluding hydrogens is 424 g/mol. The summed E-state index contributed by atoms with van der Waals surface area (Å²) in [5, 5.41) is 5.77. The van der Waals surface area contributed by atoms with Crippen LogP contribution in [0.1, 0.15) is 46.9 Å². The Labute approximate surface area is 172 Å². The minimum Gasteiger partial charge on any atom is -0.493 e. The topological polar surface area (TPSA) is 76.7 Å². The number of methoxy groups -OCH3 is 1. The number of carbonyl (C=O) groups excluding carboxylic acids is 2.